The molecule has 0 fully saturated rings. The third-order valence-corrected chi connectivity index (χ3v) is 2.57. The Morgan fingerprint density at radius 1 is 1.62 bits per heavy atom. The summed E-state index contributed by atoms with van der Waals surface area (Å²) in [5.41, 5.74) is 1.57. The number of likely N-dealkylation sites (N-methyl/N-ethyl adjacent to an activating group) is 1. The van der Waals surface area contributed by atoms with Crippen LogP contribution in [0, 0.1) is 0 Å². The Balaban J connectivity index is 2.30. The van der Waals surface area contributed by atoms with E-state index in [1.54, 1.807) is 13.1 Å². The number of nitrogens with one attached hydrogen (secondary N) is 2. The summed E-state index contributed by atoms with van der Waals surface area (Å²) in [5.74, 6) is 0.505. The second-order valence-electron chi connectivity index (χ2n) is 3.62. The number of hydrogen-bond donors (Lipinski definition) is 3. The Labute approximate surface area is 93.4 Å². The molecule has 2 rings (SSSR count). The maximum atomic E-state index is 11.1. The van der Waals surface area contributed by atoms with Crippen LogP contribution in [0.4, 0.5) is 5.69 Å². The Hall–Kier alpha value is -1.59. The average Bonchev–Trinajstić information content (AvgIpc) is 2.30. The van der Waals surface area contributed by atoms with E-state index < -0.39 is 0 Å². The SMILES string of the molecule is CNC(CO)c1ccc2c(c1)NC(=O)CO2. The van der Waals surface area contributed by atoms with Crippen molar-refractivity contribution in [1.29, 1.82) is 0 Å². The highest BCUT2D eigenvalue weighted by Crippen LogP contribution is 2.30. The molecule has 1 amide bonds. The molecule has 3 N–H and O–H groups in total. The highest BCUT2D eigenvalue weighted by atomic mass is 16.5. The van der Waals surface area contributed by atoms with Gasteiger partial charge < -0.3 is 20.5 Å². The van der Waals surface area contributed by atoms with Crippen molar-refractivity contribution < 1.29 is 14.6 Å². The lowest BCUT2D eigenvalue weighted by atomic mass is 10.1. The molecule has 0 aromatic heterocycles. The standard InChI is InChI=1S/C11H14N2O3/c1-12-9(5-14)7-2-3-10-8(4-7)13-11(15)6-16-10/h2-4,9,12,14H,5-6H2,1H3,(H,13,15). The van der Waals surface area contributed by atoms with Crippen LogP contribution in [0.1, 0.15) is 11.6 Å². The molecule has 1 aliphatic heterocycles. The van der Waals surface area contributed by atoms with Gasteiger partial charge >= 0.3 is 0 Å². The molecule has 0 saturated heterocycles. The molecule has 1 aromatic carbocycles. The van der Waals surface area contributed by atoms with Crippen molar-refractivity contribution in [2.45, 2.75) is 6.04 Å². The summed E-state index contributed by atoms with van der Waals surface area (Å²) in [6.07, 6.45) is 0. The van der Waals surface area contributed by atoms with Crippen LogP contribution < -0.4 is 15.4 Å². The van der Waals surface area contributed by atoms with Gasteiger partial charge in [-0.25, -0.2) is 0 Å². The molecule has 5 nitrogen and oxygen atoms in total. The Kier molecular flexibility index (Phi) is 3.07. The summed E-state index contributed by atoms with van der Waals surface area (Å²) in [4.78, 5) is 11.1. The quantitative estimate of drug-likeness (QED) is 0.686. The molecule has 1 aromatic rings. The lowest BCUT2D eigenvalue weighted by molar-refractivity contribution is -0.118. The molecule has 0 spiro atoms. The van der Waals surface area contributed by atoms with Gasteiger partial charge in [-0.1, -0.05) is 6.07 Å². The molecular weight excluding hydrogens is 208 g/mol. The van der Waals surface area contributed by atoms with Crippen molar-refractivity contribution in [2.24, 2.45) is 0 Å². The smallest absolute Gasteiger partial charge is 0.262 e. The Bertz CT molecular complexity index is 402. The first-order valence-corrected chi connectivity index (χ1v) is 5.09. The molecule has 86 valence electrons. The predicted octanol–water partition coefficient (Wildman–Crippen LogP) is 0.270. The average molecular weight is 222 g/mol. The second-order valence-corrected chi connectivity index (χ2v) is 3.62. The van der Waals surface area contributed by atoms with Gasteiger partial charge in [0.2, 0.25) is 0 Å². The monoisotopic (exact) mass is 222 g/mol. The van der Waals surface area contributed by atoms with Gasteiger partial charge in [0, 0.05) is 0 Å². The van der Waals surface area contributed by atoms with E-state index in [1.165, 1.54) is 0 Å². The van der Waals surface area contributed by atoms with Crippen LogP contribution >= 0.6 is 0 Å². The van der Waals surface area contributed by atoms with E-state index in [-0.39, 0.29) is 25.2 Å². The van der Waals surface area contributed by atoms with Crippen LogP contribution in [0.3, 0.4) is 0 Å². The van der Waals surface area contributed by atoms with Gasteiger partial charge in [-0.05, 0) is 24.7 Å². The minimum absolute atomic E-state index is 0.00406. The van der Waals surface area contributed by atoms with E-state index in [1.807, 2.05) is 12.1 Å². The van der Waals surface area contributed by atoms with Gasteiger partial charge in [0.1, 0.15) is 5.75 Å². The van der Waals surface area contributed by atoms with Gasteiger partial charge in [0.05, 0.1) is 18.3 Å². The van der Waals surface area contributed by atoms with Crippen molar-refractivity contribution in [2.75, 3.05) is 25.6 Å². The fourth-order valence-corrected chi connectivity index (χ4v) is 1.68. The van der Waals surface area contributed by atoms with Crippen molar-refractivity contribution in [3.05, 3.63) is 23.8 Å². The first kappa shape index (κ1) is 10.9. The van der Waals surface area contributed by atoms with Crippen molar-refractivity contribution in [3.8, 4) is 5.75 Å². The normalized spacial score (nSPS) is 16.0. The number of carbonyl (C=O) groups is 1. The van der Waals surface area contributed by atoms with E-state index in [0.717, 1.165) is 5.56 Å². The summed E-state index contributed by atoms with van der Waals surface area (Å²) < 4.78 is 5.24. The number of carbonyl (C=O) groups excluding carboxylic acids is 1. The molecule has 0 aliphatic carbocycles. The number of aliphatic hydroxyl groups excluding tert-OH is 1. The fraction of sp³-hybridized carbons (Fsp3) is 0.364. The van der Waals surface area contributed by atoms with E-state index in [9.17, 15) is 4.79 Å². The summed E-state index contributed by atoms with van der Waals surface area (Å²) in [6, 6.07) is 5.34. The third kappa shape index (κ3) is 2.00. The lowest BCUT2D eigenvalue weighted by Gasteiger charge is -2.20. The topological polar surface area (TPSA) is 70.6 Å². The maximum absolute atomic E-state index is 11.1. The predicted molar refractivity (Wildman–Crippen MR) is 59.5 cm³/mol. The summed E-state index contributed by atoms with van der Waals surface area (Å²) in [7, 11) is 1.77. The van der Waals surface area contributed by atoms with E-state index in [2.05, 4.69) is 10.6 Å². The van der Waals surface area contributed by atoms with E-state index in [4.69, 9.17) is 9.84 Å². The molecule has 16 heavy (non-hydrogen) atoms. The number of anilines is 1. The number of hydrogen-bond acceptors (Lipinski definition) is 4. The van der Waals surface area contributed by atoms with Crippen LogP contribution in [-0.4, -0.2) is 31.3 Å². The minimum atomic E-state index is -0.158. The zero-order chi connectivity index (χ0) is 11.5. The largest absolute Gasteiger partial charge is 0.482 e. The zero-order valence-corrected chi connectivity index (χ0v) is 8.99. The molecule has 1 atom stereocenters. The first-order valence-electron chi connectivity index (χ1n) is 5.09. The number of ether oxygens (including phenoxy) is 1. The molecule has 0 radical (unpaired) electrons. The van der Waals surface area contributed by atoms with Crippen molar-refractivity contribution in [3.63, 3.8) is 0 Å². The lowest BCUT2D eigenvalue weighted by Crippen LogP contribution is -2.26. The minimum Gasteiger partial charge on any atom is -0.482 e. The summed E-state index contributed by atoms with van der Waals surface area (Å²) in [5, 5.41) is 14.9. The van der Waals surface area contributed by atoms with Crippen LogP contribution in [0.15, 0.2) is 18.2 Å². The molecule has 0 saturated carbocycles. The van der Waals surface area contributed by atoms with Gasteiger partial charge in [-0.2, -0.15) is 0 Å². The molecular formula is C11H14N2O3. The van der Waals surface area contributed by atoms with Gasteiger partial charge in [0.15, 0.2) is 6.61 Å². The van der Waals surface area contributed by atoms with Crippen LogP contribution in [0.2, 0.25) is 0 Å². The molecule has 0 bridgehead atoms. The third-order valence-electron chi connectivity index (χ3n) is 2.57. The van der Waals surface area contributed by atoms with Crippen molar-refractivity contribution >= 4 is 11.6 Å². The maximum Gasteiger partial charge on any atom is 0.262 e. The van der Waals surface area contributed by atoms with E-state index in [0.29, 0.717) is 11.4 Å². The first-order chi connectivity index (χ1) is 7.74. The highest BCUT2D eigenvalue weighted by Gasteiger charge is 2.17. The number of fused-ring (bicyclic) bond motifs is 1. The number of aliphatic hydroxyl groups is 1. The highest BCUT2D eigenvalue weighted by molar-refractivity contribution is 5.95. The molecule has 1 unspecified atom stereocenters. The summed E-state index contributed by atoms with van der Waals surface area (Å²) in [6.45, 7) is 0.0614. The van der Waals surface area contributed by atoms with E-state index >= 15 is 0 Å². The summed E-state index contributed by atoms with van der Waals surface area (Å²) >= 11 is 0. The molecule has 1 aliphatic rings. The van der Waals surface area contributed by atoms with Gasteiger partial charge in [-0.15, -0.1) is 0 Å². The fourth-order valence-electron chi connectivity index (χ4n) is 1.68. The molecule has 5 heteroatoms. The number of benzene rings is 1. The zero-order valence-electron chi connectivity index (χ0n) is 8.99. The Morgan fingerprint density at radius 3 is 3.12 bits per heavy atom. The van der Waals surface area contributed by atoms with Crippen LogP contribution in [0.25, 0.3) is 0 Å². The number of amides is 1. The van der Waals surface area contributed by atoms with Crippen LogP contribution in [-0.2, 0) is 4.79 Å². The van der Waals surface area contributed by atoms with Gasteiger partial charge in [-0.3, -0.25) is 4.79 Å². The van der Waals surface area contributed by atoms with Crippen LogP contribution in [0.5, 0.6) is 5.75 Å². The molecule has 1 heterocycles. The number of rotatable bonds is 3. The Morgan fingerprint density at radius 2 is 2.44 bits per heavy atom. The van der Waals surface area contributed by atoms with Crippen molar-refractivity contribution in [1.82, 2.24) is 5.32 Å². The second kappa shape index (κ2) is 4.51. The van der Waals surface area contributed by atoms with Gasteiger partial charge in [0.25, 0.3) is 5.91 Å².